The minimum Gasteiger partial charge on any atom is -0.344 e. The monoisotopic (exact) mass is 785 g/mol. The van der Waals surface area contributed by atoms with Gasteiger partial charge >= 0.3 is 10.4 Å². The molecule has 1 aliphatic rings. The minimum atomic E-state index is -4.16. The molecule has 0 aromatic rings. The first-order chi connectivity index (χ1) is 25.6. The molecule has 10 nitrogen and oxygen atoms in total. The lowest BCUT2D eigenvalue weighted by Crippen LogP contribution is -2.50. The molecule has 0 saturated carbocycles. The number of allylic oxidation sites excluding steroid dienone is 4. The van der Waals surface area contributed by atoms with Gasteiger partial charge in [-0.15, -0.1) is 0 Å². The van der Waals surface area contributed by atoms with E-state index >= 15 is 0 Å². The first-order valence-electron chi connectivity index (χ1n) is 21.6. The van der Waals surface area contributed by atoms with E-state index < -0.39 is 10.4 Å². The quantitative estimate of drug-likeness (QED) is 0.0330. The Labute approximate surface area is 332 Å². The predicted molar refractivity (Wildman–Crippen MR) is 229 cm³/mol. The van der Waals surface area contributed by atoms with Crippen LogP contribution in [0.1, 0.15) is 207 Å². The second-order valence-corrected chi connectivity index (χ2v) is 16.1. The van der Waals surface area contributed by atoms with Crippen molar-refractivity contribution in [3.8, 4) is 0 Å². The molecule has 54 heavy (non-hydrogen) atoms. The molecule has 0 spiro atoms. The van der Waals surface area contributed by atoms with E-state index in [9.17, 15) is 18.0 Å². The third-order valence-corrected chi connectivity index (χ3v) is 10.1. The summed E-state index contributed by atoms with van der Waals surface area (Å²) in [7, 11) is -3.29. The number of amides is 1. The zero-order chi connectivity index (χ0) is 39.4. The average molecular weight is 785 g/mol. The summed E-state index contributed by atoms with van der Waals surface area (Å²) in [5, 5.41) is 3.14. The fourth-order valence-electron chi connectivity index (χ4n) is 6.48. The summed E-state index contributed by atoms with van der Waals surface area (Å²) < 4.78 is 29.7. The van der Waals surface area contributed by atoms with Crippen LogP contribution in [0.3, 0.4) is 0 Å². The van der Waals surface area contributed by atoms with Crippen molar-refractivity contribution < 1.29 is 26.7 Å². The zero-order valence-electron chi connectivity index (χ0n) is 35.5. The molecule has 0 fully saturated rings. The van der Waals surface area contributed by atoms with Gasteiger partial charge in [-0.3, -0.25) is 23.3 Å². The van der Waals surface area contributed by atoms with E-state index in [4.69, 9.17) is 4.55 Å². The molecule has 1 rings (SSSR count). The number of carbonyl (C=O) groups is 2. The number of ketones is 1. The van der Waals surface area contributed by atoms with E-state index in [2.05, 4.69) is 59.6 Å². The van der Waals surface area contributed by atoms with Crippen molar-refractivity contribution in [3.63, 3.8) is 0 Å². The predicted octanol–water partition coefficient (Wildman–Crippen LogP) is 11.8. The van der Waals surface area contributed by atoms with Crippen LogP contribution in [0, 0.1) is 0 Å². The molecule has 2 atom stereocenters. The van der Waals surface area contributed by atoms with Crippen LogP contribution < -0.4 is 11.5 Å². The third-order valence-electron chi connectivity index (χ3n) is 9.70. The molecule has 5 N–H and O–H groups in total. The summed E-state index contributed by atoms with van der Waals surface area (Å²) in [4.78, 5) is 32.4. The maximum Gasteiger partial charge on any atom is 0.397 e. The second kappa shape index (κ2) is 37.8. The average Bonchev–Trinajstić information content (AvgIpc) is 3.53. The van der Waals surface area contributed by atoms with Crippen LogP contribution in [0.5, 0.6) is 0 Å². The molecule has 1 heterocycles. The fourth-order valence-corrected chi connectivity index (χ4v) is 6.48. The summed E-state index contributed by atoms with van der Waals surface area (Å²) in [5.74, 6) is 0.783. The van der Waals surface area contributed by atoms with Gasteiger partial charge in [-0.05, 0) is 78.1 Å². The summed E-state index contributed by atoms with van der Waals surface area (Å²) in [6.45, 7) is 9.28. The Balaban J connectivity index is 0. The number of rotatable bonds is 34. The lowest BCUT2D eigenvalue weighted by Gasteiger charge is -2.28. The molecule has 0 aromatic carbocycles. The summed E-state index contributed by atoms with van der Waals surface area (Å²) in [6.07, 6.45) is 43.0. The van der Waals surface area contributed by atoms with Gasteiger partial charge in [0, 0.05) is 19.4 Å². The minimum absolute atomic E-state index is 0. The van der Waals surface area contributed by atoms with Gasteiger partial charge in [0.1, 0.15) is 0 Å². The van der Waals surface area contributed by atoms with E-state index in [0.717, 1.165) is 32.8 Å². The number of Topliss-reactive ketones (excluding diaryl/α,β-unsaturated/α-hetero) is 1. The number of carbonyl (C=O) groups excluding carboxylic acids is 2. The molecule has 0 aromatic heterocycles. The van der Waals surface area contributed by atoms with Crippen molar-refractivity contribution in [2.45, 2.75) is 220 Å². The van der Waals surface area contributed by atoms with Crippen molar-refractivity contribution in [2.24, 2.45) is 4.99 Å². The molecule has 2 unspecified atom stereocenters. The normalized spacial score (nSPS) is 14.9. The molecule has 1 aliphatic heterocycles. The van der Waals surface area contributed by atoms with Crippen LogP contribution >= 0.6 is 0 Å². The van der Waals surface area contributed by atoms with Crippen molar-refractivity contribution in [1.82, 2.24) is 16.4 Å². The Morgan fingerprint density at radius 1 is 0.722 bits per heavy atom. The SMILES string of the molecule is CCCCCCCC/C=C\CCCCCCCC(=O)NC(C)N1CC(C)N=C1C(=O)CCCCCCC/C=C\CCCCCCCC.COS(=O)(=O)O.N. The zero-order valence-corrected chi connectivity index (χ0v) is 36.3. The number of hydrogen-bond acceptors (Lipinski definition) is 8. The van der Waals surface area contributed by atoms with E-state index in [1.54, 1.807) is 0 Å². The summed E-state index contributed by atoms with van der Waals surface area (Å²) in [5.41, 5.74) is 0. The molecule has 0 radical (unpaired) electrons. The standard InChI is InChI=1S/C42H77N3O2.CH4O4S.H3N/c1-5-7-9-11-13-15-17-19-21-23-25-27-29-31-33-35-40(46)42-43-38(3)37-45(42)39(4)44-41(47)36-34-32-30-28-26-24-22-20-18-16-14-12-10-8-6-2;1-5-6(2,3)4;/h19-22,38-39H,5-18,23-37H2,1-4H3,(H,44,47);1H3,(H,2,3,4);1H3/b21-19-,22-20-;;. The van der Waals surface area contributed by atoms with Crippen molar-refractivity contribution in [1.29, 1.82) is 0 Å². The Morgan fingerprint density at radius 3 is 1.46 bits per heavy atom. The Kier molecular flexibility index (Phi) is 37.8. The van der Waals surface area contributed by atoms with Crippen LogP contribution in [0.25, 0.3) is 0 Å². The smallest absolute Gasteiger partial charge is 0.344 e. The van der Waals surface area contributed by atoms with Gasteiger partial charge in [0.2, 0.25) is 5.91 Å². The van der Waals surface area contributed by atoms with Gasteiger partial charge in [0.25, 0.3) is 0 Å². The number of nitrogens with one attached hydrogen (secondary N) is 1. The van der Waals surface area contributed by atoms with Crippen LogP contribution in [-0.4, -0.2) is 61.3 Å². The summed E-state index contributed by atoms with van der Waals surface area (Å²) >= 11 is 0. The van der Waals surface area contributed by atoms with Crippen molar-refractivity contribution in [2.75, 3.05) is 13.7 Å². The third kappa shape index (κ3) is 34.4. The fraction of sp³-hybridized carbons (Fsp3) is 0.837. The maximum atomic E-state index is 13.1. The topological polar surface area (TPSA) is 160 Å². The number of unbranched alkanes of at least 4 members (excludes halogenated alkanes) is 22. The van der Waals surface area contributed by atoms with Crippen LogP contribution in [-0.2, 0) is 24.2 Å². The van der Waals surface area contributed by atoms with Crippen molar-refractivity contribution >= 4 is 27.9 Å². The van der Waals surface area contributed by atoms with Gasteiger partial charge in [-0.1, -0.05) is 141 Å². The lowest BCUT2D eigenvalue weighted by molar-refractivity contribution is -0.123. The first-order valence-corrected chi connectivity index (χ1v) is 22.9. The van der Waals surface area contributed by atoms with Gasteiger partial charge < -0.3 is 16.4 Å². The highest BCUT2D eigenvalue weighted by Crippen LogP contribution is 2.17. The van der Waals surface area contributed by atoms with Crippen LogP contribution in [0.2, 0.25) is 0 Å². The molecular weight excluding hydrogens is 701 g/mol. The second-order valence-electron chi connectivity index (χ2n) is 14.9. The highest BCUT2D eigenvalue weighted by atomic mass is 32.3. The highest BCUT2D eigenvalue weighted by Gasteiger charge is 2.31. The Bertz CT molecular complexity index is 1100. The van der Waals surface area contributed by atoms with Gasteiger partial charge in [0.15, 0.2) is 11.6 Å². The van der Waals surface area contributed by atoms with Gasteiger partial charge in [0.05, 0.1) is 19.3 Å². The van der Waals surface area contributed by atoms with Gasteiger partial charge in [-0.2, -0.15) is 8.42 Å². The van der Waals surface area contributed by atoms with E-state index in [1.807, 2.05) is 11.8 Å². The highest BCUT2D eigenvalue weighted by molar-refractivity contribution is 7.80. The molecule has 318 valence electrons. The van der Waals surface area contributed by atoms with E-state index in [1.165, 1.54) is 141 Å². The first kappa shape index (κ1) is 54.0. The largest absolute Gasteiger partial charge is 0.397 e. The lowest BCUT2D eigenvalue weighted by atomic mass is 10.1. The van der Waals surface area contributed by atoms with E-state index in [-0.39, 0.29) is 30.0 Å². The van der Waals surface area contributed by atoms with Crippen molar-refractivity contribution in [3.05, 3.63) is 24.3 Å². The molecule has 0 aliphatic carbocycles. The number of aliphatic imine (C=N–C) groups is 1. The number of nitrogens with zero attached hydrogens (tertiary/aromatic N) is 2. The molecule has 1 amide bonds. The number of amidine groups is 1. The molecule has 0 bridgehead atoms. The van der Waals surface area contributed by atoms with Crippen LogP contribution in [0.4, 0.5) is 0 Å². The van der Waals surface area contributed by atoms with Gasteiger partial charge in [-0.25, -0.2) is 0 Å². The van der Waals surface area contributed by atoms with E-state index in [0.29, 0.717) is 25.2 Å². The summed E-state index contributed by atoms with van der Waals surface area (Å²) in [6, 6.07) is 0.0906. The molecule has 11 heteroatoms. The number of hydrogen-bond donors (Lipinski definition) is 3. The molecule has 0 saturated heterocycles. The Morgan fingerprint density at radius 2 is 1.07 bits per heavy atom. The Hall–Kier alpha value is -2.08. The maximum absolute atomic E-state index is 13.1. The molecular formula is C43H84N4O6S. The van der Waals surface area contributed by atoms with Crippen LogP contribution in [0.15, 0.2) is 29.3 Å².